The Hall–Kier alpha value is -1.22. The summed E-state index contributed by atoms with van der Waals surface area (Å²) in [7, 11) is 0. The standard InChI is InChI=1S/C16H13Cl3N2/c1-9-6-7-13-12(8-9)20-16(10(2)17)21(13)14-5-3-4-11(18)15(14)19/h3-8,10H,1-2H3. The van der Waals surface area contributed by atoms with Crippen molar-refractivity contribution >= 4 is 45.8 Å². The average Bonchev–Trinajstić information content (AvgIpc) is 2.80. The SMILES string of the molecule is Cc1ccc2c(c1)nc(C(C)Cl)n2-c1cccc(Cl)c1Cl. The van der Waals surface area contributed by atoms with Gasteiger partial charge in [0.2, 0.25) is 0 Å². The van der Waals surface area contributed by atoms with E-state index in [0.29, 0.717) is 10.0 Å². The van der Waals surface area contributed by atoms with Gasteiger partial charge in [-0.25, -0.2) is 4.98 Å². The first-order chi connectivity index (χ1) is 9.99. The molecule has 2 aromatic carbocycles. The summed E-state index contributed by atoms with van der Waals surface area (Å²) >= 11 is 18.8. The molecule has 1 unspecified atom stereocenters. The van der Waals surface area contributed by atoms with Crippen LogP contribution in [-0.2, 0) is 0 Å². The maximum absolute atomic E-state index is 6.37. The Morgan fingerprint density at radius 2 is 1.90 bits per heavy atom. The van der Waals surface area contributed by atoms with E-state index in [1.165, 1.54) is 0 Å². The van der Waals surface area contributed by atoms with Crippen LogP contribution in [0.25, 0.3) is 16.7 Å². The number of nitrogens with zero attached hydrogens (tertiary/aromatic N) is 2. The molecule has 2 nitrogen and oxygen atoms in total. The fourth-order valence-corrected chi connectivity index (χ4v) is 2.92. The molecule has 0 saturated carbocycles. The second-order valence-corrected chi connectivity index (χ2v) is 6.43. The first-order valence-corrected chi connectivity index (χ1v) is 7.75. The number of benzene rings is 2. The second kappa shape index (κ2) is 5.53. The molecule has 1 heterocycles. The molecule has 0 saturated heterocycles. The topological polar surface area (TPSA) is 17.8 Å². The molecule has 3 aromatic rings. The maximum Gasteiger partial charge on any atom is 0.132 e. The van der Waals surface area contributed by atoms with Crippen LogP contribution in [0.4, 0.5) is 0 Å². The number of alkyl halides is 1. The zero-order chi connectivity index (χ0) is 15.1. The minimum Gasteiger partial charge on any atom is -0.293 e. The number of rotatable bonds is 2. The molecule has 3 rings (SSSR count). The smallest absolute Gasteiger partial charge is 0.132 e. The van der Waals surface area contributed by atoms with Gasteiger partial charge in [-0.2, -0.15) is 0 Å². The lowest BCUT2D eigenvalue weighted by Gasteiger charge is -2.13. The third-order valence-corrected chi connectivity index (χ3v) is 4.37. The highest BCUT2D eigenvalue weighted by molar-refractivity contribution is 6.43. The molecule has 0 N–H and O–H groups in total. The fourth-order valence-electron chi connectivity index (χ4n) is 2.39. The van der Waals surface area contributed by atoms with Crippen LogP contribution in [0, 0.1) is 6.92 Å². The van der Waals surface area contributed by atoms with Crippen molar-refractivity contribution in [2.75, 3.05) is 0 Å². The molecular formula is C16H13Cl3N2. The van der Waals surface area contributed by atoms with Gasteiger partial charge in [0.1, 0.15) is 5.82 Å². The number of imidazole rings is 1. The van der Waals surface area contributed by atoms with Crippen molar-refractivity contribution in [2.24, 2.45) is 0 Å². The minimum atomic E-state index is -0.243. The Kier molecular flexibility index (Phi) is 3.87. The Morgan fingerprint density at radius 3 is 2.62 bits per heavy atom. The van der Waals surface area contributed by atoms with Gasteiger partial charge in [-0.05, 0) is 43.7 Å². The monoisotopic (exact) mass is 338 g/mol. The van der Waals surface area contributed by atoms with E-state index in [1.54, 1.807) is 6.07 Å². The molecule has 0 aliphatic heterocycles. The fraction of sp³-hybridized carbons (Fsp3) is 0.188. The van der Waals surface area contributed by atoms with Crippen molar-refractivity contribution in [3.63, 3.8) is 0 Å². The highest BCUT2D eigenvalue weighted by Crippen LogP contribution is 2.34. The van der Waals surface area contributed by atoms with E-state index in [2.05, 4.69) is 4.98 Å². The van der Waals surface area contributed by atoms with Gasteiger partial charge in [-0.1, -0.05) is 35.3 Å². The molecule has 0 amide bonds. The van der Waals surface area contributed by atoms with Gasteiger partial charge < -0.3 is 0 Å². The Balaban J connectivity index is 2.39. The van der Waals surface area contributed by atoms with Gasteiger partial charge in [-0.15, -0.1) is 11.6 Å². The summed E-state index contributed by atoms with van der Waals surface area (Å²) in [5.74, 6) is 0.751. The summed E-state index contributed by atoms with van der Waals surface area (Å²) in [6, 6.07) is 11.6. The first-order valence-electron chi connectivity index (χ1n) is 6.56. The largest absolute Gasteiger partial charge is 0.293 e. The number of hydrogen-bond acceptors (Lipinski definition) is 1. The van der Waals surface area contributed by atoms with Crippen molar-refractivity contribution in [3.8, 4) is 5.69 Å². The molecule has 21 heavy (non-hydrogen) atoms. The van der Waals surface area contributed by atoms with E-state index < -0.39 is 0 Å². The van der Waals surface area contributed by atoms with Crippen LogP contribution >= 0.6 is 34.8 Å². The molecule has 0 radical (unpaired) electrons. The summed E-state index contributed by atoms with van der Waals surface area (Å²) in [6.45, 7) is 3.93. The zero-order valence-corrected chi connectivity index (χ0v) is 13.8. The molecule has 0 aliphatic carbocycles. The number of fused-ring (bicyclic) bond motifs is 1. The van der Waals surface area contributed by atoms with Crippen molar-refractivity contribution in [2.45, 2.75) is 19.2 Å². The van der Waals surface area contributed by atoms with Crippen LogP contribution in [0.2, 0.25) is 10.0 Å². The van der Waals surface area contributed by atoms with Gasteiger partial charge in [0.05, 0.1) is 32.1 Å². The number of aryl methyl sites for hydroxylation is 1. The van der Waals surface area contributed by atoms with Crippen molar-refractivity contribution in [1.29, 1.82) is 0 Å². The molecule has 0 aliphatic rings. The van der Waals surface area contributed by atoms with E-state index in [0.717, 1.165) is 28.1 Å². The minimum absolute atomic E-state index is 0.243. The number of aromatic nitrogens is 2. The summed E-state index contributed by atoms with van der Waals surface area (Å²) in [4.78, 5) is 4.65. The zero-order valence-electron chi connectivity index (χ0n) is 11.6. The molecule has 0 bridgehead atoms. The molecular weight excluding hydrogens is 327 g/mol. The summed E-state index contributed by atoms with van der Waals surface area (Å²) in [5.41, 5.74) is 3.80. The quantitative estimate of drug-likeness (QED) is 0.528. The lowest BCUT2D eigenvalue weighted by molar-refractivity contribution is 0.883. The van der Waals surface area contributed by atoms with Crippen LogP contribution < -0.4 is 0 Å². The van der Waals surface area contributed by atoms with Crippen LogP contribution in [0.1, 0.15) is 23.7 Å². The summed E-state index contributed by atoms with van der Waals surface area (Å²) < 4.78 is 1.97. The highest BCUT2D eigenvalue weighted by atomic mass is 35.5. The van der Waals surface area contributed by atoms with Crippen LogP contribution in [0.15, 0.2) is 36.4 Å². The Morgan fingerprint density at radius 1 is 1.14 bits per heavy atom. The Bertz CT molecular complexity index is 822. The van der Waals surface area contributed by atoms with Gasteiger partial charge >= 0.3 is 0 Å². The first kappa shape index (κ1) is 14.7. The molecule has 1 atom stereocenters. The highest BCUT2D eigenvalue weighted by Gasteiger charge is 2.18. The molecule has 0 fully saturated rings. The van der Waals surface area contributed by atoms with E-state index in [4.69, 9.17) is 34.8 Å². The van der Waals surface area contributed by atoms with Gasteiger partial charge in [0, 0.05) is 0 Å². The lowest BCUT2D eigenvalue weighted by Crippen LogP contribution is -2.02. The average molecular weight is 340 g/mol. The van der Waals surface area contributed by atoms with Crippen molar-refractivity contribution in [1.82, 2.24) is 9.55 Å². The van der Waals surface area contributed by atoms with Gasteiger partial charge in [0.25, 0.3) is 0 Å². The molecule has 1 aromatic heterocycles. The van der Waals surface area contributed by atoms with Gasteiger partial charge in [0.15, 0.2) is 0 Å². The number of hydrogen-bond donors (Lipinski definition) is 0. The molecule has 108 valence electrons. The van der Waals surface area contributed by atoms with E-state index in [1.807, 2.05) is 48.7 Å². The van der Waals surface area contributed by atoms with Gasteiger partial charge in [-0.3, -0.25) is 4.57 Å². The van der Waals surface area contributed by atoms with Crippen LogP contribution in [-0.4, -0.2) is 9.55 Å². The van der Waals surface area contributed by atoms with E-state index >= 15 is 0 Å². The van der Waals surface area contributed by atoms with E-state index in [-0.39, 0.29) is 5.38 Å². The summed E-state index contributed by atoms with van der Waals surface area (Å²) in [5, 5.41) is 0.765. The second-order valence-electron chi connectivity index (χ2n) is 4.99. The van der Waals surface area contributed by atoms with Crippen LogP contribution in [0.3, 0.4) is 0 Å². The third kappa shape index (κ3) is 2.52. The normalized spacial score (nSPS) is 12.8. The van der Waals surface area contributed by atoms with Crippen LogP contribution in [0.5, 0.6) is 0 Å². The Labute approximate surface area is 138 Å². The predicted octanol–water partition coefficient (Wildman–Crippen LogP) is 5.94. The molecule has 0 spiro atoms. The van der Waals surface area contributed by atoms with Crippen molar-refractivity contribution in [3.05, 3.63) is 57.8 Å². The maximum atomic E-state index is 6.37. The predicted molar refractivity (Wildman–Crippen MR) is 90.1 cm³/mol. The number of halogens is 3. The lowest BCUT2D eigenvalue weighted by atomic mass is 10.2. The van der Waals surface area contributed by atoms with E-state index in [9.17, 15) is 0 Å². The molecule has 5 heteroatoms. The third-order valence-electron chi connectivity index (χ3n) is 3.36. The van der Waals surface area contributed by atoms with Crippen molar-refractivity contribution < 1.29 is 0 Å². The summed E-state index contributed by atoms with van der Waals surface area (Å²) in [6.07, 6.45) is 0.